The van der Waals surface area contributed by atoms with Gasteiger partial charge < -0.3 is 10.6 Å². The zero-order valence-corrected chi connectivity index (χ0v) is 9.37. The van der Waals surface area contributed by atoms with E-state index in [0.29, 0.717) is 11.8 Å². The van der Waals surface area contributed by atoms with E-state index in [9.17, 15) is 0 Å². The smallest absolute Gasteiger partial charge is 0.225 e. The van der Waals surface area contributed by atoms with Crippen LogP contribution < -0.4 is 10.6 Å². The summed E-state index contributed by atoms with van der Waals surface area (Å²) in [5.74, 6) is 1.31. The number of rotatable bonds is 8. The second-order valence-corrected chi connectivity index (χ2v) is 3.41. The third-order valence-electron chi connectivity index (χ3n) is 1.83. The summed E-state index contributed by atoms with van der Waals surface area (Å²) < 4.78 is 0. The van der Waals surface area contributed by atoms with E-state index in [-0.39, 0.29) is 0 Å². The molecule has 0 radical (unpaired) electrons. The van der Waals surface area contributed by atoms with Crippen molar-refractivity contribution >= 4 is 17.5 Å². The Kier molecular flexibility index (Phi) is 6.77. The van der Waals surface area contributed by atoms with E-state index in [2.05, 4.69) is 25.6 Å². The van der Waals surface area contributed by atoms with Gasteiger partial charge in [0.15, 0.2) is 0 Å². The van der Waals surface area contributed by atoms with Crippen molar-refractivity contribution in [3.8, 4) is 0 Å². The van der Waals surface area contributed by atoms with Crippen molar-refractivity contribution in [2.75, 3.05) is 30.8 Å². The summed E-state index contributed by atoms with van der Waals surface area (Å²) in [5, 5.41) is 6.35. The zero-order valence-electron chi connectivity index (χ0n) is 8.62. The molecular weight excluding hydrogens is 214 g/mol. The molecule has 1 aromatic rings. The third kappa shape index (κ3) is 6.19. The molecule has 0 amide bonds. The van der Waals surface area contributed by atoms with Crippen LogP contribution in [0.15, 0.2) is 12.7 Å². The van der Waals surface area contributed by atoms with Crippen LogP contribution in [0.5, 0.6) is 0 Å². The predicted octanol–water partition coefficient (Wildman–Crippen LogP) is 0.892. The molecule has 1 heterocycles. The van der Waals surface area contributed by atoms with E-state index in [1.807, 2.05) is 0 Å². The first-order valence-electron chi connectivity index (χ1n) is 5.06. The van der Waals surface area contributed by atoms with Gasteiger partial charge in [0.2, 0.25) is 5.95 Å². The highest BCUT2D eigenvalue weighted by molar-refractivity contribution is 6.18. The molecule has 0 saturated carbocycles. The maximum Gasteiger partial charge on any atom is 0.225 e. The van der Waals surface area contributed by atoms with Gasteiger partial charge in [-0.2, -0.15) is 0 Å². The Labute approximate surface area is 94.7 Å². The number of nitrogens with zero attached hydrogens (tertiary/aromatic N) is 3. The van der Waals surface area contributed by atoms with Gasteiger partial charge in [0.25, 0.3) is 0 Å². The highest BCUT2D eigenvalue weighted by Crippen LogP contribution is 1.93. The number of unbranched alkanes of at least 4 members (excludes halogenated alkanes) is 1. The molecule has 0 aliphatic heterocycles. The summed E-state index contributed by atoms with van der Waals surface area (Å²) in [7, 11) is 0. The fraction of sp³-hybridized carbons (Fsp3) is 0.667. The van der Waals surface area contributed by atoms with Crippen LogP contribution in [0.3, 0.4) is 0 Å². The second kappa shape index (κ2) is 8.38. The number of anilines is 1. The van der Waals surface area contributed by atoms with Crippen LogP contribution >= 0.6 is 11.6 Å². The third-order valence-corrected chi connectivity index (χ3v) is 2.02. The highest BCUT2D eigenvalue weighted by atomic mass is 35.5. The average Bonchev–Trinajstić information content (AvgIpc) is 2.29. The minimum atomic E-state index is 0.638. The lowest BCUT2D eigenvalue weighted by atomic mass is 10.3. The maximum atomic E-state index is 5.52. The average molecular weight is 230 g/mol. The lowest BCUT2D eigenvalue weighted by Crippen LogP contribution is -2.18. The van der Waals surface area contributed by atoms with Crippen molar-refractivity contribution in [2.45, 2.75) is 12.8 Å². The second-order valence-electron chi connectivity index (χ2n) is 3.03. The van der Waals surface area contributed by atoms with Crippen LogP contribution in [0, 0.1) is 0 Å². The molecular formula is C9H16ClN5. The molecule has 5 nitrogen and oxygen atoms in total. The summed E-state index contributed by atoms with van der Waals surface area (Å²) in [4.78, 5) is 11.7. The van der Waals surface area contributed by atoms with E-state index in [1.165, 1.54) is 12.7 Å². The quantitative estimate of drug-likeness (QED) is 0.512. The van der Waals surface area contributed by atoms with E-state index in [1.54, 1.807) is 0 Å². The first kappa shape index (κ1) is 12.1. The van der Waals surface area contributed by atoms with E-state index in [0.717, 1.165) is 32.5 Å². The molecule has 1 rings (SSSR count). The first-order valence-corrected chi connectivity index (χ1v) is 5.59. The summed E-state index contributed by atoms with van der Waals surface area (Å²) in [6.07, 6.45) is 5.17. The first-order chi connectivity index (χ1) is 7.43. The van der Waals surface area contributed by atoms with Gasteiger partial charge in [-0.05, 0) is 19.4 Å². The summed E-state index contributed by atoms with van der Waals surface area (Å²) in [6.45, 7) is 2.76. The Bertz CT molecular complexity index is 244. The molecule has 0 bridgehead atoms. The van der Waals surface area contributed by atoms with E-state index < -0.39 is 0 Å². The van der Waals surface area contributed by atoms with Gasteiger partial charge in [-0.1, -0.05) is 0 Å². The number of hydrogen-bond donors (Lipinski definition) is 2. The number of nitrogens with one attached hydrogen (secondary N) is 2. The predicted molar refractivity (Wildman–Crippen MR) is 61.1 cm³/mol. The summed E-state index contributed by atoms with van der Waals surface area (Å²) in [5.41, 5.74) is 0. The molecule has 84 valence electrons. The van der Waals surface area contributed by atoms with Gasteiger partial charge >= 0.3 is 0 Å². The van der Waals surface area contributed by atoms with E-state index >= 15 is 0 Å². The van der Waals surface area contributed by atoms with Crippen molar-refractivity contribution < 1.29 is 0 Å². The zero-order chi connectivity index (χ0) is 10.8. The molecule has 6 heteroatoms. The van der Waals surface area contributed by atoms with Crippen molar-refractivity contribution in [3.63, 3.8) is 0 Å². The molecule has 0 unspecified atom stereocenters. The molecule has 15 heavy (non-hydrogen) atoms. The highest BCUT2D eigenvalue weighted by Gasteiger charge is 1.92. The molecule has 0 aromatic carbocycles. The Morgan fingerprint density at radius 3 is 2.53 bits per heavy atom. The van der Waals surface area contributed by atoms with Gasteiger partial charge in [-0.15, -0.1) is 11.6 Å². The van der Waals surface area contributed by atoms with Crippen molar-refractivity contribution in [1.29, 1.82) is 0 Å². The van der Waals surface area contributed by atoms with Crippen LogP contribution in [-0.4, -0.2) is 40.5 Å². The molecule has 0 aliphatic rings. The van der Waals surface area contributed by atoms with Crippen molar-refractivity contribution in [2.24, 2.45) is 0 Å². The van der Waals surface area contributed by atoms with Gasteiger partial charge in [-0.3, -0.25) is 0 Å². The maximum absolute atomic E-state index is 5.52. The Morgan fingerprint density at radius 2 is 1.80 bits per heavy atom. The number of aromatic nitrogens is 3. The molecule has 0 atom stereocenters. The molecule has 2 N–H and O–H groups in total. The largest absolute Gasteiger partial charge is 0.354 e. The van der Waals surface area contributed by atoms with Crippen molar-refractivity contribution in [1.82, 2.24) is 20.3 Å². The minimum absolute atomic E-state index is 0.638. The summed E-state index contributed by atoms with van der Waals surface area (Å²) >= 11 is 5.52. The fourth-order valence-electron chi connectivity index (χ4n) is 1.10. The fourth-order valence-corrected chi connectivity index (χ4v) is 1.23. The minimum Gasteiger partial charge on any atom is -0.354 e. The Hall–Kier alpha value is -0.940. The van der Waals surface area contributed by atoms with Crippen LogP contribution in [0.1, 0.15) is 12.8 Å². The summed E-state index contributed by atoms with van der Waals surface area (Å²) in [6, 6.07) is 0. The number of halogens is 1. The van der Waals surface area contributed by atoms with Crippen molar-refractivity contribution in [3.05, 3.63) is 12.7 Å². The standard InChI is InChI=1S/C9H16ClN5/c10-3-6-11-4-1-2-5-13-9-14-7-12-8-15-9/h7-8,11H,1-6H2,(H,12,13,14,15). The SMILES string of the molecule is ClCCNCCCCNc1ncncn1. The normalized spacial score (nSPS) is 10.2. The van der Waals surface area contributed by atoms with Gasteiger partial charge in [0.1, 0.15) is 12.7 Å². The topological polar surface area (TPSA) is 62.7 Å². The Balaban J connectivity index is 1.93. The number of alkyl halides is 1. The van der Waals surface area contributed by atoms with Gasteiger partial charge in [-0.25, -0.2) is 15.0 Å². The van der Waals surface area contributed by atoms with Gasteiger partial charge in [0.05, 0.1) is 0 Å². The number of hydrogen-bond acceptors (Lipinski definition) is 5. The molecule has 0 saturated heterocycles. The van der Waals surface area contributed by atoms with Crippen LogP contribution in [-0.2, 0) is 0 Å². The van der Waals surface area contributed by atoms with Crippen LogP contribution in [0.25, 0.3) is 0 Å². The van der Waals surface area contributed by atoms with Crippen LogP contribution in [0.2, 0.25) is 0 Å². The molecule has 0 fully saturated rings. The van der Waals surface area contributed by atoms with Crippen LogP contribution in [0.4, 0.5) is 5.95 Å². The van der Waals surface area contributed by atoms with E-state index in [4.69, 9.17) is 11.6 Å². The lowest BCUT2D eigenvalue weighted by molar-refractivity contribution is 0.653. The van der Waals surface area contributed by atoms with Gasteiger partial charge in [0, 0.05) is 19.0 Å². The molecule has 0 aliphatic carbocycles. The molecule has 1 aromatic heterocycles. The monoisotopic (exact) mass is 229 g/mol. The molecule has 0 spiro atoms. The lowest BCUT2D eigenvalue weighted by Gasteiger charge is -2.04. The Morgan fingerprint density at radius 1 is 1.07 bits per heavy atom.